The van der Waals surface area contributed by atoms with Crippen molar-refractivity contribution in [2.45, 2.75) is 6.42 Å². The fourth-order valence-electron chi connectivity index (χ4n) is 3.12. The van der Waals surface area contributed by atoms with E-state index in [2.05, 4.69) is 10.4 Å². The van der Waals surface area contributed by atoms with Crippen LogP contribution in [0.4, 0.5) is 4.79 Å². The summed E-state index contributed by atoms with van der Waals surface area (Å²) in [6.45, 7) is 0.328. The van der Waals surface area contributed by atoms with Gasteiger partial charge in [0.1, 0.15) is 0 Å². The van der Waals surface area contributed by atoms with Gasteiger partial charge in [-0.05, 0) is 41.1 Å². The van der Waals surface area contributed by atoms with Crippen LogP contribution in [-0.4, -0.2) is 44.8 Å². The molecule has 0 radical (unpaired) electrons. The summed E-state index contributed by atoms with van der Waals surface area (Å²) in [5.41, 5.74) is 2.55. The molecule has 156 valence electrons. The number of benzene rings is 2. The second-order valence-corrected chi connectivity index (χ2v) is 7.89. The first-order valence-corrected chi connectivity index (χ1v) is 10.6. The van der Waals surface area contributed by atoms with Crippen LogP contribution >= 0.6 is 11.8 Å². The number of carbonyl (C=O) groups excluding carboxylic acids is 3. The molecule has 3 amide bonds. The summed E-state index contributed by atoms with van der Waals surface area (Å²) in [7, 11) is 0. The van der Waals surface area contributed by atoms with Crippen LogP contribution in [0, 0.1) is 0 Å². The van der Waals surface area contributed by atoms with Crippen molar-refractivity contribution in [3.8, 4) is 5.69 Å². The Morgan fingerprint density at radius 3 is 2.48 bits per heavy atom. The standard InChI is InChI=1S/C23H20N4O3S/c28-21(14-18-15-25-27(16-18)19-9-5-2-6-10-19)24-11-12-26-22(29)20(31-23(26)30)13-17-7-3-1-4-8-17/h1-10,13,15-16H,11-12,14H2,(H,24,28)/b20-13-. The molecule has 3 aromatic rings. The first-order chi connectivity index (χ1) is 15.1. The van der Waals surface area contributed by atoms with Crippen LogP contribution in [-0.2, 0) is 16.0 Å². The first-order valence-electron chi connectivity index (χ1n) is 9.76. The largest absolute Gasteiger partial charge is 0.354 e. The number of carbonyl (C=O) groups is 3. The Morgan fingerprint density at radius 2 is 1.74 bits per heavy atom. The van der Waals surface area contributed by atoms with E-state index in [4.69, 9.17) is 0 Å². The first kappa shape index (κ1) is 20.6. The number of hydrogen-bond donors (Lipinski definition) is 1. The summed E-state index contributed by atoms with van der Waals surface area (Å²) < 4.78 is 1.71. The van der Waals surface area contributed by atoms with E-state index in [-0.39, 0.29) is 36.6 Å². The maximum atomic E-state index is 12.5. The molecule has 31 heavy (non-hydrogen) atoms. The molecular weight excluding hydrogens is 412 g/mol. The van der Waals surface area contributed by atoms with Crippen molar-refractivity contribution in [2.75, 3.05) is 13.1 Å². The van der Waals surface area contributed by atoms with Crippen LogP contribution in [0.3, 0.4) is 0 Å². The van der Waals surface area contributed by atoms with Gasteiger partial charge in [-0.25, -0.2) is 4.68 Å². The Kier molecular flexibility index (Phi) is 6.28. The normalized spacial score (nSPS) is 15.0. The van der Waals surface area contributed by atoms with Gasteiger partial charge in [-0.3, -0.25) is 19.3 Å². The average Bonchev–Trinajstić information content (AvgIpc) is 3.35. The summed E-state index contributed by atoms with van der Waals surface area (Å²) in [6.07, 6.45) is 5.33. The molecule has 7 nitrogen and oxygen atoms in total. The zero-order valence-electron chi connectivity index (χ0n) is 16.6. The highest BCUT2D eigenvalue weighted by Crippen LogP contribution is 2.31. The molecule has 8 heteroatoms. The van der Waals surface area contributed by atoms with Crippen molar-refractivity contribution >= 4 is 34.9 Å². The van der Waals surface area contributed by atoms with Gasteiger partial charge in [-0.15, -0.1) is 0 Å². The molecule has 0 spiro atoms. The molecule has 0 atom stereocenters. The van der Waals surface area contributed by atoms with Crippen LogP contribution < -0.4 is 5.32 Å². The smallest absolute Gasteiger partial charge is 0.293 e. The highest BCUT2D eigenvalue weighted by Gasteiger charge is 2.34. The van der Waals surface area contributed by atoms with E-state index in [1.54, 1.807) is 23.2 Å². The van der Waals surface area contributed by atoms with Gasteiger partial charge in [0, 0.05) is 19.3 Å². The van der Waals surface area contributed by atoms with Gasteiger partial charge in [0.15, 0.2) is 0 Å². The summed E-state index contributed by atoms with van der Waals surface area (Å²) in [4.78, 5) is 38.5. The van der Waals surface area contributed by atoms with Crippen LogP contribution in [0.25, 0.3) is 11.8 Å². The molecular formula is C23H20N4O3S. The van der Waals surface area contributed by atoms with Gasteiger partial charge in [-0.1, -0.05) is 48.5 Å². The topological polar surface area (TPSA) is 84.3 Å². The number of para-hydroxylation sites is 1. The van der Waals surface area contributed by atoms with Crippen molar-refractivity contribution in [3.05, 3.63) is 89.1 Å². The van der Waals surface area contributed by atoms with Crippen molar-refractivity contribution in [3.63, 3.8) is 0 Å². The van der Waals surface area contributed by atoms with Gasteiger partial charge >= 0.3 is 0 Å². The molecule has 0 saturated carbocycles. The van der Waals surface area contributed by atoms with Crippen molar-refractivity contribution < 1.29 is 14.4 Å². The predicted molar refractivity (Wildman–Crippen MR) is 119 cm³/mol. The fourth-order valence-corrected chi connectivity index (χ4v) is 3.99. The number of aromatic nitrogens is 2. The van der Waals surface area contributed by atoms with Gasteiger partial charge in [0.25, 0.3) is 11.1 Å². The van der Waals surface area contributed by atoms with Crippen molar-refractivity contribution in [1.29, 1.82) is 0 Å². The number of hydrogen-bond acceptors (Lipinski definition) is 5. The van der Waals surface area contributed by atoms with E-state index >= 15 is 0 Å². The lowest BCUT2D eigenvalue weighted by Gasteiger charge is -2.12. The maximum Gasteiger partial charge on any atom is 0.293 e. The van der Waals surface area contributed by atoms with Gasteiger partial charge in [-0.2, -0.15) is 5.10 Å². The number of amides is 3. The molecule has 1 fully saturated rings. The number of thioether (sulfide) groups is 1. The number of nitrogens with one attached hydrogen (secondary N) is 1. The van der Waals surface area contributed by atoms with Crippen LogP contribution in [0.5, 0.6) is 0 Å². The molecule has 1 saturated heterocycles. The summed E-state index contributed by atoms with van der Waals surface area (Å²) in [5, 5.41) is 6.71. The van der Waals surface area contributed by atoms with Crippen LogP contribution in [0.1, 0.15) is 11.1 Å². The van der Waals surface area contributed by atoms with Crippen LogP contribution in [0.2, 0.25) is 0 Å². The Balaban J connectivity index is 1.28. The molecule has 1 aromatic heterocycles. The van der Waals surface area contributed by atoms with Gasteiger partial charge in [0.05, 0.1) is 23.2 Å². The molecule has 0 aliphatic carbocycles. The third-order valence-electron chi connectivity index (χ3n) is 4.65. The molecule has 1 aliphatic rings. The van der Waals surface area contributed by atoms with Crippen LogP contribution in [0.15, 0.2) is 78.0 Å². The Labute approximate surface area is 183 Å². The maximum absolute atomic E-state index is 12.5. The Hall–Kier alpha value is -3.65. The SMILES string of the molecule is O=C(Cc1cnn(-c2ccccc2)c1)NCCN1C(=O)S/C(=C\c2ccccc2)C1=O. The fraction of sp³-hybridized carbons (Fsp3) is 0.130. The van der Waals surface area contributed by atoms with E-state index in [1.807, 2.05) is 60.7 Å². The second kappa shape index (κ2) is 9.44. The summed E-state index contributed by atoms with van der Waals surface area (Å²) in [5.74, 6) is -0.531. The summed E-state index contributed by atoms with van der Waals surface area (Å²) in [6, 6.07) is 19.0. The van der Waals surface area contributed by atoms with E-state index in [9.17, 15) is 14.4 Å². The zero-order chi connectivity index (χ0) is 21.6. The molecule has 0 bridgehead atoms. The van der Waals surface area contributed by atoms with E-state index in [1.165, 1.54) is 0 Å². The lowest BCUT2D eigenvalue weighted by atomic mass is 10.2. The number of nitrogens with zero attached hydrogens (tertiary/aromatic N) is 3. The van der Waals surface area contributed by atoms with E-state index in [0.717, 1.165) is 33.5 Å². The highest BCUT2D eigenvalue weighted by molar-refractivity contribution is 8.18. The van der Waals surface area contributed by atoms with E-state index < -0.39 is 0 Å². The third kappa shape index (κ3) is 5.10. The van der Waals surface area contributed by atoms with Gasteiger partial charge in [0.2, 0.25) is 5.91 Å². The molecule has 2 aromatic carbocycles. The lowest BCUT2D eigenvalue weighted by molar-refractivity contribution is -0.124. The minimum atomic E-state index is -0.336. The molecule has 4 rings (SSSR count). The predicted octanol–water partition coefficient (Wildman–Crippen LogP) is 3.27. The number of rotatable bonds is 7. The third-order valence-corrected chi connectivity index (χ3v) is 5.56. The zero-order valence-corrected chi connectivity index (χ0v) is 17.4. The Morgan fingerprint density at radius 1 is 1.03 bits per heavy atom. The van der Waals surface area contributed by atoms with Gasteiger partial charge < -0.3 is 5.32 Å². The van der Waals surface area contributed by atoms with Crippen molar-refractivity contribution in [1.82, 2.24) is 20.0 Å². The lowest BCUT2D eigenvalue weighted by Crippen LogP contribution is -2.37. The quantitative estimate of drug-likeness (QED) is 0.580. The molecule has 1 aliphatic heterocycles. The average molecular weight is 433 g/mol. The minimum Gasteiger partial charge on any atom is -0.354 e. The molecule has 2 heterocycles. The number of imide groups is 1. The van der Waals surface area contributed by atoms with Crippen molar-refractivity contribution in [2.24, 2.45) is 0 Å². The monoisotopic (exact) mass is 432 g/mol. The highest BCUT2D eigenvalue weighted by atomic mass is 32.2. The molecule has 1 N–H and O–H groups in total. The second-order valence-electron chi connectivity index (χ2n) is 6.90. The minimum absolute atomic E-state index is 0.131. The Bertz CT molecular complexity index is 1130. The van der Waals surface area contributed by atoms with E-state index in [0.29, 0.717) is 4.91 Å². The molecule has 0 unspecified atom stereocenters. The summed E-state index contributed by atoms with van der Waals surface area (Å²) >= 11 is 0.914.